The van der Waals surface area contributed by atoms with Gasteiger partial charge in [-0.25, -0.2) is 12.7 Å². The first kappa shape index (κ1) is 18.6. The van der Waals surface area contributed by atoms with Crippen LogP contribution in [0.15, 0.2) is 17.0 Å². The Labute approximate surface area is 133 Å². The lowest BCUT2D eigenvalue weighted by Gasteiger charge is -2.18. The number of benzene rings is 1. The summed E-state index contributed by atoms with van der Waals surface area (Å²) >= 11 is 0. The molecule has 5 nitrogen and oxygen atoms in total. The van der Waals surface area contributed by atoms with E-state index in [9.17, 15) is 13.2 Å². The van der Waals surface area contributed by atoms with Crippen LogP contribution < -0.4 is 5.32 Å². The fourth-order valence-corrected chi connectivity index (χ4v) is 3.15. The predicted molar refractivity (Wildman–Crippen MR) is 89.5 cm³/mol. The summed E-state index contributed by atoms with van der Waals surface area (Å²) in [4.78, 5) is 12.4. The highest BCUT2D eigenvalue weighted by Crippen LogP contribution is 2.26. The Bertz CT molecular complexity index is 652. The minimum Gasteiger partial charge on any atom is -0.326 e. The summed E-state index contributed by atoms with van der Waals surface area (Å²) < 4.78 is 25.7. The summed E-state index contributed by atoms with van der Waals surface area (Å²) in [6.07, 6.45) is 1.74. The van der Waals surface area contributed by atoms with Crippen molar-refractivity contribution >= 4 is 21.6 Å². The molecule has 0 aromatic heterocycles. The van der Waals surface area contributed by atoms with E-state index in [1.165, 1.54) is 24.5 Å². The van der Waals surface area contributed by atoms with E-state index >= 15 is 0 Å². The van der Waals surface area contributed by atoms with Crippen LogP contribution in [-0.2, 0) is 14.8 Å². The number of aryl methyl sites for hydroxylation is 1. The van der Waals surface area contributed by atoms with Crippen LogP contribution in [0.3, 0.4) is 0 Å². The molecule has 0 aliphatic rings. The van der Waals surface area contributed by atoms with E-state index in [2.05, 4.69) is 5.32 Å². The summed E-state index contributed by atoms with van der Waals surface area (Å²) in [5.74, 6) is -0.178. The summed E-state index contributed by atoms with van der Waals surface area (Å²) in [6, 6.07) is 3.17. The van der Waals surface area contributed by atoms with Crippen molar-refractivity contribution in [2.75, 3.05) is 19.4 Å². The van der Waals surface area contributed by atoms with E-state index < -0.39 is 10.0 Å². The van der Waals surface area contributed by atoms with Gasteiger partial charge in [-0.3, -0.25) is 4.79 Å². The molecule has 0 radical (unpaired) electrons. The molecule has 1 amide bonds. The van der Waals surface area contributed by atoms with Gasteiger partial charge in [-0.05, 0) is 43.5 Å². The molecule has 1 aromatic carbocycles. The largest absolute Gasteiger partial charge is 0.326 e. The summed E-state index contributed by atoms with van der Waals surface area (Å²) in [5, 5.41) is 2.87. The molecule has 1 atom stereocenters. The predicted octanol–water partition coefficient (Wildman–Crippen LogP) is 2.93. The molecule has 22 heavy (non-hydrogen) atoms. The molecule has 0 fully saturated rings. The quantitative estimate of drug-likeness (QED) is 0.874. The number of rotatable bonds is 6. The Kier molecular flexibility index (Phi) is 6.14. The van der Waals surface area contributed by atoms with E-state index in [0.717, 1.165) is 24.0 Å². The van der Waals surface area contributed by atoms with Crippen molar-refractivity contribution in [1.29, 1.82) is 0 Å². The first-order valence-electron chi connectivity index (χ1n) is 7.45. The third-order valence-corrected chi connectivity index (χ3v) is 5.64. The molecule has 124 valence electrons. The second-order valence-electron chi connectivity index (χ2n) is 5.88. The average Bonchev–Trinajstić information content (AvgIpc) is 2.43. The molecule has 0 aliphatic heterocycles. The maximum Gasteiger partial charge on any atom is 0.242 e. The topological polar surface area (TPSA) is 66.5 Å². The number of carbonyl (C=O) groups excluding carboxylic acids is 1. The normalized spacial score (nSPS) is 13.2. The van der Waals surface area contributed by atoms with E-state index in [4.69, 9.17) is 0 Å². The van der Waals surface area contributed by atoms with E-state index in [0.29, 0.717) is 5.69 Å². The number of hydrogen-bond donors (Lipinski definition) is 1. The molecule has 0 heterocycles. The molecule has 1 rings (SSSR count). The molecule has 6 heteroatoms. The van der Waals surface area contributed by atoms with Crippen LogP contribution in [-0.4, -0.2) is 32.7 Å². The molecule has 0 bridgehead atoms. The van der Waals surface area contributed by atoms with Crippen LogP contribution in [0.25, 0.3) is 0 Å². The second kappa shape index (κ2) is 7.24. The highest BCUT2D eigenvalue weighted by Gasteiger charge is 2.21. The average molecular weight is 326 g/mol. The third kappa shape index (κ3) is 4.08. The molecule has 0 aliphatic carbocycles. The summed E-state index contributed by atoms with van der Waals surface area (Å²) in [6.45, 7) is 7.63. The molecular weight excluding hydrogens is 300 g/mol. The van der Waals surface area contributed by atoms with Crippen LogP contribution in [0, 0.1) is 19.8 Å². The maximum absolute atomic E-state index is 12.3. The molecule has 0 spiro atoms. The number of anilines is 1. The SMILES string of the molecule is CCC[C@H](C)C(=O)Nc1cc(S(=O)(=O)N(C)C)cc(C)c1C. The number of sulfonamides is 1. The zero-order chi connectivity index (χ0) is 17.1. The lowest BCUT2D eigenvalue weighted by atomic mass is 10.0. The smallest absolute Gasteiger partial charge is 0.242 e. The Morgan fingerprint density at radius 1 is 1.27 bits per heavy atom. The van der Waals surface area contributed by atoms with Crippen molar-refractivity contribution in [3.8, 4) is 0 Å². The lowest BCUT2D eigenvalue weighted by molar-refractivity contribution is -0.119. The second-order valence-corrected chi connectivity index (χ2v) is 8.03. The van der Waals surface area contributed by atoms with Gasteiger partial charge >= 0.3 is 0 Å². The van der Waals surface area contributed by atoms with Crippen molar-refractivity contribution in [3.63, 3.8) is 0 Å². The van der Waals surface area contributed by atoms with Gasteiger partial charge in [0.1, 0.15) is 0 Å². The number of nitrogens with zero attached hydrogens (tertiary/aromatic N) is 1. The van der Waals surface area contributed by atoms with E-state index in [1.807, 2.05) is 27.7 Å². The van der Waals surface area contributed by atoms with Gasteiger partial charge in [0.2, 0.25) is 15.9 Å². The Morgan fingerprint density at radius 3 is 2.36 bits per heavy atom. The van der Waals surface area contributed by atoms with Crippen LogP contribution in [0.2, 0.25) is 0 Å². The highest BCUT2D eigenvalue weighted by molar-refractivity contribution is 7.89. The molecule has 0 saturated heterocycles. The van der Waals surface area contributed by atoms with Gasteiger partial charge in [-0.2, -0.15) is 0 Å². The van der Waals surface area contributed by atoms with Crippen molar-refractivity contribution in [2.24, 2.45) is 5.92 Å². The number of hydrogen-bond acceptors (Lipinski definition) is 3. The number of carbonyl (C=O) groups is 1. The van der Waals surface area contributed by atoms with Gasteiger partial charge in [-0.1, -0.05) is 20.3 Å². The van der Waals surface area contributed by atoms with Gasteiger partial charge in [0, 0.05) is 25.7 Å². The van der Waals surface area contributed by atoms with Crippen LogP contribution >= 0.6 is 0 Å². The fraction of sp³-hybridized carbons (Fsp3) is 0.562. The van der Waals surface area contributed by atoms with Crippen LogP contribution in [0.1, 0.15) is 37.8 Å². The maximum atomic E-state index is 12.3. The monoisotopic (exact) mass is 326 g/mol. The van der Waals surface area contributed by atoms with Crippen LogP contribution in [0.4, 0.5) is 5.69 Å². The first-order chi connectivity index (χ1) is 10.1. The molecule has 1 N–H and O–H groups in total. The molecule has 1 aromatic rings. The summed E-state index contributed by atoms with van der Waals surface area (Å²) in [5.41, 5.74) is 2.28. The van der Waals surface area contributed by atoms with Crippen molar-refractivity contribution in [2.45, 2.75) is 45.4 Å². The van der Waals surface area contributed by atoms with E-state index in [1.54, 1.807) is 6.07 Å². The van der Waals surface area contributed by atoms with Crippen molar-refractivity contribution < 1.29 is 13.2 Å². The Hall–Kier alpha value is -1.40. The van der Waals surface area contributed by atoms with Gasteiger partial charge in [0.05, 0.1) is 4.90 Å². The lowest BCUT2D eigenvalue weighted by Crippen LogP contribution is -2.24. The zero-order valence-corrected chi connectivity index (χ0v) is 15.0. The Morgan fingerprint density at radius 2 is 1.86 bits per heavy atom. The van der Waals surface area contributed by atoms with Crippen molar-refractivity contribution in [1.82, 2.24) is 4.31 Å². The fourth-order valence-electron chi connectivity index (χ4n) is 2.14. The van der Waals surface area contributed by atoms with Crippen molar-refractivity contribution in [3.05, 3.63) is 23.3 Å². The van der Waals surface area contributed by atoms with Gasteiger partial charge in [0.15, 0.2) is 0 Å². The number of amides is 1. The minimum absolute atomic E-state index is 0.0799. The number of nitrogens with one attached hydrogen (secondary N) is 1. The zero-order valence-electron chi connectivity index (χ0n) is 14.2. The van der Waals surface area contributed by atoms with Gasteiger partial charge in [0.25, 0.3) is 0 Å². The highest BCUT2D eigenvalue weighted by atomic mass is 32.2. The summed E-state index contributed by atoms with van der Waals surface area (Å²) in [7, 11) is -0.539. The van der Waals surface area contributed by atoms with Crippen LogP contribution in [0.5, 0.6) is 0 Å². The standard InChI is InChI=1S/C16H26N2O3S/c1-7-8-11(2)16(19)17-15-10-14(9-12(3)13(15)4)22(20,21)18(5)6/h9-11H,7-8H2,1-6H3,(H,17,19)/t11-/m0/s1. The van der Waals surface area contributed by atoms with E-state index in [-0.39, 0.29) is 16.7 Å². The molecule has 0 unspecified atom stereocenters. The van der Waals surface area contributed by atoms with Gasteiger partial charge in [-0.15, -0.1) is 0 Å². The minimum atomic E-state index is -3.52. The molecule has 0 saturated carbocycles. The third-order valence-electron chi connectivity index (χ3n) is 3.85. The molecular formula is C16H26N2O3S. The van der Waals surface area contributed by atoms with Gasteiger partial charge < -0.3 is 5.32 Å². The first-order valence-corrected chi connectivity index (χ1v) is 8.89. The Balaban J connectivity index is 3.21.